The fourth-order valence-electron chi connectivity index (χ4n) is 4.85. The second-order valence-corrected chi connectivity index (χ2v) is 9.97. The minimum absolute atomic E-state index is 0.0699. The zero-order valence-electron chi connectivity index (χ0n) is 22.7. The monoisotopic (exact) mass is 570 g/mol. The van der Waals surface area contributed by atoms with Crippen LogP contribution in [-0.4, -0.2) is 74.2 Å². The highest BCUT2D eigenvalue weighted by Crippen LogP contribution is 2.40. The van der Waals surface area contributed by atoms with Crippen molar-refractivity contribution in [2.45, 2.75) is 96.1 Å². The van der Waals surface area contributed by atoms with Crippen LogP contribution in [0.25, 0.3) is 0 Å². The van der Waals surface area contributed by atoms with Gasteiger partial charge in [0.1, 0.15) is 24.6 Å². The summed E-state index contributed by atoms with van der Waals surface area (Å²) in [4.78, 5) is 47.7. The molecule has 2 fully saturated rings. The lowest BCUT2D eigenvalue weighted by molar-refractivity contribution is -0.254. The zero-order valence-corrected chi connectivity index (χ0v) is 23.4. The number of esters is 4. The molecule has 1 aromatic rings. The number of methoxy groups -OCH3 is 1. The average molecular weight is 571 g/mol. The topological polar surface area (TPSA) is 133 Å². The van der Waals surface area contributed by atoms with Gasteiger partial charge in [0.05, 0.1) is 17.2 Å². The maximum absolute atomic E-state index is 12.1. The van der Waals surface area contributed by atoms with Crippen molar-refractivity contribution >= 4 is 35.5 Å². The van der Waals surface area contributed by atoms with Crippen LogP contribution < -0.4 is 4.74 Å². The molecule has 0 radical (unpaired) electrons. The molecule has 0 amide bonds. The Morgan fingerprint density at radius 2 is 1.38 bits per heavy atom. The summed E-state index contributed by atoms with van der Waals surface area (Å²) in [5.74, 6) is -2.26. The first kappa shape index (κ1) is 30.6. The normalized spacial score (nSPS) is 28.6. The van der Waals surface area contributed by atoms with E-state index in [2.05, 4.69) is 0 Å². The van der Waals surface area contributed by atoms with Gasteiger partial charge in [0, 0.05) is 34.8 Å². The van der Waals surface area contributed by atoms with Crippen LogP contribution in [0.3, 0.4) is 0 Å². The first-order chi connectivity index (χ1) is 18.5. The Kier molecular flexibility index (Phi) is 11.0. The van der Waals surface area contributed by atoms with E-state index >= 15 is 0 Å². The number of carbonyl (C=O) groups excluding carboxylic acids is 4. The number of ether oxygens (including phenoxy) is 7. The van der Waals surface area contributed by atoms with Gasteiger partial charge in [-0.2, -0.15) is 0 Å². The molecule has 0 spiro atoms. The summed E-state index contributed by atoms with van der Waals surface area (Å²) in [6, 6.07) is 4.96. The molecule has 1 saturated heterocycles. The molecule has 2 aliphatic rings. The van der Waals surface area contributed by atoms with Crippen LogP contribution in [-0.2, 0) is 47.6 Å². The van der Waals surface area contributed by atoms with E-state index in [1.165, 1.54) is 27.7 Å². The average Bonchev–Trinajstić information content (AvgIpc) is 2.86. The van der Waals surface area contributed by atoms with E-state index in [-0.39, 0.29) is 18.8 Å². The number of carbonyl (C=O) groups is 4. The van der Waals surface area contributed by atoms with E-state index in [0.717, 1.165) is 25.7 Å². The molecular formula is C27H35ClO11. The second kappa shape index (κ2) is 14.0. The van der Waals surface area contributed by atoms with E-state index in [1.54, 1.807) is 25.3 Å². The third-order valence-corrected chi connectivity index (χ3v) is 6.84. The summed E-state index contributed by atoms with van der Waals surface area (Å²) < 4.78 is 39.6. The number of halogens is 1. The van der Waals surface area contributed by atoms with Gasteiger partial charge < -0.3 is 33.2 Å². The number of benzene rings is 1. The Bertz CT molecular complexity index is 1040. The molecule has 216 valence electrons. The maximum Gasteiger partial charge on any atom is 0.303 e. The molecule has 1 aromatic carbocycles. The Morgan fingerprint density at radius 3 is 1.95 bits per heavy atom. The van der Waals surface area contributed by atoms with Crippen molar-refractivity contribution in [3.05, 3.63) is 28.8 Å². The highest BCUT2D eigenvalue weighted by molar-refractivity contribution is 6.32. The number of hydrogen-bond acceptors (Lipinski definition) is 11. The van der Waals surface area contributed by atoms with Gasteiger partial charge >= 0.3 is 23.9 Å². The predicted octanol–water partition coefficient (Wildman–Crippen LogP) is 3.47. The summed E-state index contributed by atoms with van der Waals surface area (Å²) in [6.07, 6.45) is -2.35. The summed E-state index contributed by atoms with van der Waals surface area (Å²) >= 11 is 6.46. The predicted molar refractivity (Wildman–Crippen MR) is 136 cm³/mol. The molecule has 0 aromatic heterocycles. The van der Waals surface area contributed by atoms with Crippen molar-refractivity contribution in [2.75, 3.05) is 13.7 Å². The molecule has 0 unspecified atom stereocenters. The first-order valence-corrected chi connectivity index (χ1v) is 13.2. The van der Waals surface area contributed by atoms with Crippen LogP contribution >= 0.6 is 11.6 Å². The summed E-state index contributed by atoms with van der Waals surface area (Å²) in [7, 11) is 1.69. The lowest BCUT2D eigenvalue weighted by Crippen LogP contribution is -2.59. The van der Waals surface area contributed by atoms with Crippen LogP contribution in [0.2, 0.25) is 5.02 Å². The van der Waals surface area contributed by atoms with E-state index in [1.807, 2.05) is 0 Å². The van der Waals surface area contributed by atoms with Crippen molar-refractivity contribution in [1.82, 2.24) is 0 Å². The summed E-state index contributed by atoms with van der Waals surface area (Å²) in [5, 5.41) is 0.373. The highest BCUT2D eigenvalue weighted by Gasteiger charge is 2.52. The molecule has 39 heavy (non-hydrogen) atoms. The molecule has 3 rings (SSSR count). The molecule has 0 N–H and O–H groups in total. The van der Waals surface area contributed by atoms with Crippen molar-refractivity contribution in [2.24, 2.45) is 0 Å². The van der Waals surface area contributed by atoms with Crippen molar-refractivity contribution in [3.63, 3.8) is 0 Å². The number of hydrogen-bond donors (Lipinski definition) is 0. The van der Waals surface area contributed by atoms with Gasteiger partial charge in [-0.05, 0) is 43.4 Å². The van der Waals surface area contributed by atoms with Crippen LogP contribution in [0, 0.1) is 0 Å². The molecule has 1 aliphatic carbocycles. The van der Waals surface area contributed by atoms with Gasteiger partial charge in [0.25, 0.3) is 0 Å². The van der Waals surface area contributed by atoms with E-state index < -0.39 is 54.4 Å². The fraction of sp³-hybridized carbons (Fsp3) is 0.630. The Labute approximate surface area is 232 Å². The molecule has 0 bridgehead atoms. The molecule has 1 saturated carbocycles. The van der Waals surface area contributed by atoms with Gasteiger partial charge in [0.15, 0.2) is 18.3 Å². The molecule has 5 atom stereocenters. The smallest absolute Gasteiger partial charge is 0.303 e. The van der Waals surface area contributed by atoms with E-state index in [9.17, 15) is 19.2 Å². The van der Waals surface area contributed by atoms with Crippen molar-refractivity contribution in [1.29, 1.82) is 0 Å². The number of rotatable bonds is 9. The minimum atomic E-state index is -1.26. The zero-order chi connectivity index (χ0) is 28.7. The van der Waals surface area contributed by atoms with E-state index in [0.29, 0.717) is 16.3 Å². The fourth-order valence-corrected chi connectivity index (χ4v) is 5.01. The third-order valence-electron chi connectivity index (χ3n) is 6.52. The van der Waals surface area contributed by atoms with Gasteiger partial charge in [0.2, 0.25) is 0 Å². The third kappa shape index (κ3) is 8.55. The first-order valence-electron chi connectivity index (χ1n) is 12.8. The second-order valence-electron chi connectivity index (χ2n) is 9.56. The standard InChI is InChI=1S/C27H35ClO11/c1-14(29)34-13-23-25(35-15(2)30)27(37-17(4)32)26(36-16(3)31)24(39-23)18-6-11-21(28)22(12-18)38-20-9-7-19(33-5)8-10-20/h6,11-12,19-20,23-27H,7-10,13H2,1-5H3/t19?,20?,23-,24+,25-,26+,27+/m1/s1. The lowest BCUT2D eigenvalue weighted by Gasteiger charge is -2.44. The molecule has 1 heterocycles. The SMILES string of the molecule is COC1CCC(Oc2cc([C@@H]3O[C@H](COC(C)=O)[C@@H](OC(C)=O)[C@H](OC(C)=O)[C@H]3OC(C)=O)ccc2Cl)CC1. The molecule has 11 nitrogen and oxygen atoms in total. The minimum Gasteiger partial charge on any atom is -0.489 e. The van der Waals surface area contributed by atoms with E-state index in [4.69, 9.17) is 44.8 Å². The van der Waals surface area contributed by atoms with Crippen LogP contribution in [0.1, 0.15) is 65.0 Å². The Balaban J connectivity index is 1.98. The van der Waals surface area contributed by atoms with Crippen LogP contribution in [0.4, 0.5) is 0 Å². The molecular weight excluding hydrogens is 536 g/mol. The molecule has 1 aliphatic heterocycles. The Morgan fingerprint density at radius 1 is 0.821 bits per heavy atom. The quantitative estimate of drug-likeness (QED) is 0.319. The van der Waals surface area contributed by atoms with Crippen molar-refractivity contribution in [3.8, 4) is 5.75 Å². The van der Waals surface area contributed by atoms with Crippen molar-refractivity contribution < 1.29 is 52.3 Å². The van der Waals surface area contributed by atoms with Gasteiger partial charge in [-0.25, -0.2) is 0 Å². The maximum atomic E-state index is 12.1. The molecule has 12 heteroatoms. The van der Waals surface area contributed by atoms with Crippen LogP contribution in [0.15, 0.2) is 18.2 Å². The van der Waals surface area contributed by atoms with Gasteiger partial charge in [-0.1, -0.05) is 17.7 Å². The van der Waals surface area contributed by atoms with Gasteiger partial charge in [-0.15, -0.1) is 0 Å². The van der Waals surface area contributed by atoms with Crippen LogP contribution in [0.5, 0.6) is 5.75 Å². The lowest BCUT2D eigenvalue weighted by atomic mass is 9.90. The summed E-state index contributed by atoms with van der Waals surface area (Å²) in [5.41, 5.74) is 0.498. The highest BCUT2D eigenvalue weighted by atomic mass is 35.5. The summed E-state index contributed by atoms with van der Waals surface area (Å²) in [6.45, 7) is 4.45. The van der Waals surface area contributed by atoms with Gasteiger partial charge in [-0.3, -0.25) is 19.2 Å². The Hall–Kier alpha value is -2.89. The largest absolute Gasteiger partial charge is 0.489 e.